The molecule has 234 valence electrons. The predicted molar refractivity (Wildman–Crippen MR) is 184 cm³/mol. The molecule has 0 spiro atoms. The lowest BCUT2D eigenvalue weighted by molar-refractivity contribution is 0.0867. The number of Topliss-reactive ketones (excluding diaryl/α,β-unsaturated/α-hetero) is 1. The minimum absolute atomic E-state index is 0.101. The Kier molecular flexibility index (Phi) is 11.4. The molecule has 6 nitrogen and oxygen atoms in total. The van der Waals surface area contributed by atoms with Crippen LogP contribution < -0.4 is 5.32 Å². The molecular formula is C39H45N3O3. The number of ketones is 1. The number of benzene rings is 2. The van der Waals surface area contributed by atoms with Crippen LogP contribution in [0.1, 0.15) is 92.1 Å². The Morgan fingerprint density at radius 3 is 2.42 bits per heavy atom. The van der Waals surface area contributed by atoms with Crippen molar-refractivity contribution in [1.29, 1.82) is 0 Å². The third-order valence-electron chi connectivity index (χ3n) is 8.27. The molecule has 2 atom stereocenters. The van der Waals surface area contributed by atoms with Crippen LogP contribution in [0, 0.1) is 25.7 Å². The van der Waals surface area contributed by atoms with E-state index in [1.54, 1.807) is 30.8 Å². The van der Waals surface area contributed by atoms with Gasteiger partial charge in [0, 0.05) is 46.9 Å². The van der Waals surface area contributed by atoms with Crippen LogP contribution in [0.4, 0.5) is 5.69 Å². The van der Waals surface area contributed by atoms with Gasteiger partial charge >= 0.3 is 0 Å². The molecule has 4 rings (SSSR count). The molecule has 2 aromatic carbocycles. The van der Waals surface area contributed by atoms with Gasteiger partial charge in [-0.15, -0.1) is 0 Å². The van der Waals surface area contributed by atoms with Gasteiger partial charge in [0.2, 0.25) is 0 Å². The summed E-state index contributed by atoms with van der Waals surface area (Å²) in [5.74, 6) is 0.948. The van der Waals surface area contributed by atoms with Crippen molar-refractivity contribution in [2.75, 3.05) is 5.32 Å². The van der Waals surface area contributed by atoms with E-state index in [4.69, 9.17) is 9.72 Å². The number of aryl methyl sites for hydroxylation is 2. The number of hydrogen-bond acceptors (Lipinski definition) is 5. The number of allylic oxidation sites excluding steroid dienone is 3. The van der Waals surface area contributed by atoms with Crippen LogP contribution >= 0.6 is 0 Å². The molecular weight excluding hydrogens is 558 g/mol. The highest BCUT2D eigenvalue weighted by atomic mass is 16.5. The first kappa shape index (κ1) is 33.3. The first-order chi connectivity index (χ1) is 21.6. The predicted octanol–water partition coefficient (Wildman–Crippen LogP) is 10.0. The average molecular weight is 604 g/mol. The molecule has 0 saturated heterocycles. The maximum Gasteiger partial charge on any atom is 0.256 e. The molecule has 2 heterocycles. The number of ether oxygens (including phenoxy) is 1. The Labute approximate surface area is 267 Å². The molecule has 0 radical (unpaired) electrons. The number of pyridine rings is 2. The van der Waals surface area contributed by atoms with E-state index in [1.807, 2.05) is 56.3 Å². The van der Waals surface area contributed by atoms with Gasteiger partial charge in [-0.1, -0.05) is 32.4 Å². The van der Waals surface area contributed by atoms with E-state index < -0.39 is 0 Å². The van der Waals surface area contributed by atoms with Crippen LogP contribution in [-0.2, 0) is 4.74 Å². The van der Waals surface area contributed by atoms with Gasteiger partial charge in [0.05, 0.1) is 23.0 Å². The standard InChI is InChI=1S/C39H45N3O3/c1-8-10-20-45-36(25(3)4)18-13-27(6)32(9-2)38(43)29-14-16-31(17-15-29)41-39(44)34-23-35(30-12-11-19-40-24-30)42-37-28(7)21-26(5)22-33(34)37/h10-12,14-17,19-24,27,32H,8-9,13,18H2,1-7H3,(H,41,44)/b20-10-. The minimum atomic E-state index is -0.234. The van der Waals surface area contributed by atoms with Crippen LogP contribution in [-0.4, -0.2) is 21.7 Å². The van der Waals surface area contributed by atoms with E-state index in [0.717, 1.165) is 64.6 Å². The summed E-state index contributed by atoms with van der Waals surface area (Å²) in [5, 5.41) is 3.84. The van der Waals surface area contributed by atoms with E-state index in [1.165, 1.54) is 0 Å². The summed E-state index contributed by atoms with van der Waals surface area (Å²) in [5.41, 5.74) is 7.34. The third kappa shape index (κ3) is 8.33. The van der Waals surface area contributed by atoms with Gasteiger partial charge in [0.25, 0.3) is 5.91 Å². The van der Waals surface area contributed by atoms with Crippen molar-refractivity contribution >= 4 is 28.3 Å². The minimum Gasteiger partial charge on any atom is -0.470 e. The normalized spacial score (nSPS) is 12.6. The smallest absolute Gasteiger partial charge is 0.256 e. The monoisotopic (exact) mass is 603 g/mol. The lowest BCUT2D eigenvalue weighted by Gasteiger charge is -2.22. The summed E-state index contributed by atoms with van der Waals surface area (Å²) >= 11 is 0. The first-order valence-electron chi connectivity index (χ1n) is 15.9. The summed E-state index contributed by atoms with van der Waals surface area (Å²) in [4.78, 5) is 36.4. The van der Waals surface area contributed by atoms with Crippen LogP contribution in [0.15, 0.2) is 90.7 Å². The fourth-order valence-corrected chi connectivity index (χ4v) is 5.72. The maximum absolute atomic E-state index is 13.7. The second-order valence-electron chi connectivity index (χ2n) is 12.0. The molecule has 0 bridgehead atoms. The molecule has 0 aliphatic rings. The van der Waals surface area contributed by atoms with Crippen LogP contribution in [0.3, 0.4) is 0 Å². The Balaban J connectivity index is 1.51. The fraction of sp³-hybridized carbons (Fsp3) is 0.333. The highest BCUT2D eigenvalue weighted by molar-refractivity contribution is 6.13. The van der Waals surface area contributed by atoms with Crippen molar-refractivity contribution in [3.8, 4) is 11.3 Å². The molecule has 2 unspecified atom stereocenters. The van der Waals surface area contributed by atoms with Gasteiger partial charge in [-0.2, -0.15) is 0 Å². The number of carbonyl (C=O) groups excluding carboxylic acids is 2. The Bertz CT molecular complexity index is 1700. The Hall–Kier alpha value is -4.58. The van der Waals surface area contributed by atoms with Gasteiger partial charge in [-0.25, -0.2) is 4.98 Å². The molecule has 0 saturated carbocycles. The second kappa shape index (κ2) is 15.4. The van der Waals surface area contributed by atoms with Gasteiger partial charge in [-0.3, -0.25) is 14.6 Å². The largest absolute Gasteiger partial charge is 0.470 e. The number of nitrogens with one attached hydrogen (secondary N) is 1. The average Bonchev–Trinajstić information content (AvgIpc) is 3.03. The zero-order chi connectivity index (χ0) is 32.5. The van der Waals surface area contributed by atoms with E-state index in [2.05, 4.69) is 51.0 Å². The summed E-state index contributed by atoms with van der Waals surface area (Å²) in [6.45, 7) is 14.4. The molecule has 45 heavy (non-hydrogen) atoms. The number of rotatable bonds is 13. The van der Waals surface area contributed by atoms with E-state index >= 15 is 0 Å². The second-order valence-corrected chi connectivity index (χ2v) is 12.0. The SMILES string of the molecule is CC/C=C\OC(CCC(C)C(CC)C(=O)c1ccc(NC(=O)c2cc(-c3cccnc3)nc3c(C)cc(C)cc23)cc1)=C(C)C. The lowest BCUT2D eigenvalue weighted by atomic mass is 9.82. The molecule has 4 aromatic rings. The highest BCUT2D eigenvalue weighted by Crippen LogP contribution is 2.30. The zero-order valence-corrected chi connectivity index (χ0v) is 27.6. The lowest BCUT2D eigenvalue weighted by Crippen LogP contribution is -2.22. The molecule has 6 heteroatoms. The van der Waals surface area contributed by atoms with Crippen molar-refractivity contribution in [3.63, 3.8) is 0 Å². The van der Waals surface area contributed by atoms with Crippen molar-refractivity contribution in [1.82, 2.24) is 9.97 Å². The number of anilines is 1. The van der Waals surface area contributed by atoms with Crippen molar-refractivity contribution in [2.24, 2.45) is 11.8 Å². The van der Waals surface area contributed by atoms with Crippen LogP contribution in [0.25, 0.3) is 22.2 Å². The number of carbonyl (C=O) groups is 2. The van der Waals surface area contributed by atoms with Crippen LogP contribution in [0.5, 0.6) is 0 Å². The number of amides is 1. The molecule has 0 fully saturated rings. The first-order valence-corrected chi connectivity index (χ1v) is 15.9. The van der Waals surface area contributed by atoms with Crippen molar-refractivity contribution < 1.29 is 14.3 Å². The molecule has 2 aromatic heterocycles. The van der Waals surface area contributed by atoms with Gasteiger partial charge in [0.1, 0.15) is 5.76 Å². The molecule has 0 aliphatic heterocycles. The van der Waals surface area contributed by atoms with E-state index in [-0.39, 0.29) is 23.5 Å². The topological polar surface area (TPSA) is 81.2 Å². The zero-order valence-electron chi connectivity index (χ0n) is 27.6. The Morgan fingerprint density at radius 2 is 1.78 bits per heavy atom. The number of hydrogen-bond donors (Lipinski definition) is 1. The maximum atomic E-state index is 13.7. The molecule has 1 N–H and O–H groups in total. The number of nitrogens with zero attached hydrogens (tertiary/aromatic N) is 2. The highest BCUT2D eigenvalue weighted by Gasteiger charge is 2.25. The van der Waals surface area contributed by atoms with Crippen LogP contribution in [0.2, 0.25) is 0 Å². The Morgan fingerprint density at radius 1 is 1.02 bits per heavy atom. The fourth-order valence-electron chi connectivity index (χ4n) is 5.72. The number of fused-ring (bicyclic) bond motifs is 1. The summed E-state index contributed by atoms with van der Waals surface area (Å²) in [6, 6.07) is 16.9. The summed E-state index contributed by atoms with van der Waals surface area (Å²) in [6.07, 6.45) is 10.6. The van der Waals surface area contributed by atoms with Crippen molar-refractivity contribution in [2.45, 2.75) is 74.1 Å². The van der Waals surface area contributed by atoms with Gasteiger partial charge in [-0.05, 0) is 119 Å². The van der Waals surface area contributed by atoms with Gasteiger partial charge < -0.3 is 10.1 Å². The molecule has 0 aliphatic carbocycles. The molecule has 1 amide bonds. The van der Waals surface area contributed by atoms with Gasteiger partial charge in [0.15, 0.2) is 5.78 Å². The van der Waals surface area contributed by atoms with E-state index in [0.29, 0.717) is 22.5 Å². The number of aromatic nitrogens is 2. The summed E-state index contributed by atoms with van der Waals surface area (Å²) in [7, 11) is 0. The summed E-state index contributed by atoms with van der Waals surface area (Å²) < 4.78 is 5.87. The quantitative estimate of drug-likeness (QED) is 0.121. The van der Waals surface area contributed by atoms with E-state index in [9.17, 15) is 9.59 Å². The third-order valence-corrected chi connectivity index (χ3v) is 8.27. The van der Waals surface area contributed by atoms with Crippen molar-refractivity contribution in [3.05, 3.63) is 113 Å².